The minimum absolute atomic E-state index is 0.181. The third-order valence-electron chi connectivity index (χ3n) is 2.28. The molecule has 0 spiro atoms. The van der Waals surface area contributed by atoms with Gasteiger partial charge in [-0.3, -0.25) is 4.79 Å². The van der Waals surface area contributed by atoms with E-state index in [0.717, 1.165) is 0 Å². The number of aromatic nitrogens is 1. The minimum atomic E-state index is -1.25. The summed E-state index contributed by atoms with van der Waals surface area (Å²) >= 11 is 0. The number of aliphatic hydroxyl groups excluding tert-OH is 1. The van der Waals surface area contributed by atoms with Crippen LogP contribution in [0.2, 0.25) is 0 Å². The van der Waals surface area contributed by atoms with Crippen LogP contribution in [-0.4, -0.2) is 27.4 Å². The van der Waals surface area contributed by atoms with Gasteiger partial charge in [-0.2, -0.15) is 0 Å². The van der Waals surface area contributed by atoms with Gasteiger partial charge in [-0.15, -0.1) is 0 Å². The van der Waals surface area contributed by atoms with Gasteiger partial charge in [-0.25, -0.2) is 4.79 Å². The number of nitrogens with zero attached hydrogens (tertiary/aromatic N) is 1. The first kappa shape index (κ1) is 11.5. The number of carboxylic acids is 1. The normalized spacial score (nSPS) is 12.4. The van der Waals surface area contributed by atoms with Crippen molar-refractivity contribution in [3.8, 4) is 0 Å². The second-order valence-electron chi connectivity index (χ2n) is 3.18. The van der Waals surface area contributed by atoms with Crippen LogP contribution in [0.25, 0.3) is 0 Å². The molecule has 82 valence electrons. The molecule has 0 unspecified atom stereocenters. The van der Waals surface area contributed by atoms with Crippen molar-refractivity contribution < 1.29 is 15.0 Å². The van der Waals surface area contributed by atoms with Crippen molar-refractivity contribution >= 4 is 5.97 Å². The number of aliphatic hydroxyl groups is 1. The van der Waals surface area contributed by atoms with E-state index in [9.17, 15) is 9.59 Å². The zero-order valence-corrected chi connectivity index (χ0v) is 8.38. The van der Waals surface area contributed by atoms with E-state index in [-0.39, 0.29) is 18.2 Å². The SMILES string of the molecule is CC[C@H](CO)n1cccc(C(=O)O)c1=O. The number of rotatable bonds is 4. The van der Waals surface area contributed by atoms with Crippen LogP contribution in [0.3, 0.4) is 0 Å². The van der Waals surface area contributed by atoms with Crippen LogP contribution in [0.4, 0.5) is 0 Å². The van der Waals surface area contributed by atoms with Gasteiger partial charge in [0.05, 0.1) is 12.6 Å². The Bertz CT molecular complexity index is 406. The Morgan fingerprint density at radius 1 is 1.60 bits per heavy atom. The van der Waals surface area contributed by atoms with Crippen molar-refractivity contribution in [2.75, 3.05) is 6.61 Å². The summed E-state index contributed by atoms with van der Waals surface area (Å²) in [5.74, 6) is -1.25. The predicted molar refractivity (Wildman–Crippen MR) is 54.1 cm³/mol. The van der Waals surface area contributed by atoms with E-state index in [1.807, 2.05) is 6.92 Å². The van der Waals surface area contributed by atoms with Gasteiger partial charge >= 0.3 is 5.97 Å². The Labute approximate surface area is 86.6 Å². The van der Waals surface area contributed by atoms with Crippen LogP contribution in [0, 0.1) is 0 Å². The van der Waals surface area contributed by atoms with E-state index >= 15 is 0 Å². The molecule has 1 aromatic rings. The van der Waals surface area contributed by atoms with Crippen LogP contribution >= 0.6 is 0 Å². The second-order valence-corrected chi connectivity index (χ2v) is 3.18. The molecule has 5 heteroatoms. The summed E-state index contributed by atoms with van der Waals surface area (Å²) in [6.07, 6.45) is 2.05. The van der Waals surface area contributed by atoms with Gasteiger partial charge in [0.1, 0.15) is 5.56 Å². The second kappa shape index (κ2) is 4.75. The summed E-state index contributed by atoms with van der Waals surface area (Å²) in [6, 6.07) is 2.38. The summed E-state index contributed by atoms with van der Waals surface area (Å²) in [5.41, 5.74) is -0.852. The Hall–Kier alpha value is -1.62. The molecule has 1 heterocycles. The third kappa shape index (κ3) is 2.24. The van der Waals surface area contributed by atoms with E-state index < -0.39 is 11.5 Å². The maximum absolute atomic E-state index is 11.6. The molecule has 1 rings (SSSR count). The number of aromatic carboxylic acids is 1. The average molecular weight is 211 g/mol. The molecule has 0 fully saturated rings. The molecule has 1 aromatic heterocycles. The first-order chi connectivity index (χ1) is 7.11. The molecule has 0 saturated heterocycles. The molecule has 0 saturated carbocycles. The van der Waals surface area contributed by atoms with Gasteiger partial charge in [-0.1, -0.05) is 6.92 Å². The van der Waals surface area contributed by atoms with Crippen LogP contribution in [0.1, 0.15) is 29.7 Å². The van der Waals surface area contributed by atoms with E-state index in [0.29, 0.717) is 6.42 Å². The smallest absolute Gasteiger partial charge is 0.341 e. The number of hydrogen-bond acceptors (Lipinski definition) is 3. The van der Waals surface area contributed by atoms with Crippen LogP contribution in [0.5, 0.6) is 0 Å². The highest BCUT2D eigenvalue weighted by molar-refractivity contribution is 5.86. The molecule has 0 aliphatic heterocycles. The molecule has 0 aliphatic carbocycles. The topological polar surface area (TPSA) is 79.5 Å². The van der Waals surface area contributed by atoms with Crippen LogP contribution in [0.15, 0.2) is 23.1 Å². The van der Waals surface area contributed by atoms with Crippen LogP contribution < -0.4 is 5.56 Å². The third-order valence-corrected chi connectivity index (χ3v) is 2.28. The Morgan fingerprint density at radius 2 is 2.27 bits per heavy atom. The largest absolute Gasteiger partial charge is 0.477 e. The van der Waals surface area contributed by atoms with Gasteiger partial charge in [0.25, 0.3) is 5.56 Å². The zero-order chi connectivity index (χ0) is 11.4. The maximum atomic E-state index is 11.6. The Kier molecular flexibility index (Phi) is 3.62. The standard InChI is InChI=1S/C10H13NO4/c1-2-7(6-12)11-5-3-4-8(9(11)13)10(14)15/h3-5,7,12H,2,6H2,1H3,(H,14,15)/t7-/m1/s1. The fraction of sp³-hybridized carbons (Fsp3) is 0.400. The lowest BCUT2D eigenvalue weighted by molar-refractivity contribution is 0.0693. The molecule has 0 aromatic carbocycles. The van der Waals surface area contributed by atoms with Crippen molar-refractivity contribution in [1.82, 2.24) is 4.57 Å². The Balaban J connectivity index is 3.26. The number of carbonyl (C=O) groups is 1. The first-order valence-corrected chi connectivity index (χ1v) is 4.67. The lowest BCUT2D eigenvalue weighted by Gasteiger charge is -2.15. The number of carboxylic acid groups (broad SMARTS) is 1. The lowest BCUT2D eigenvalue weighted by atomic mass is 10.2. The molecule has 0 bridgehead atoms. The molecule has 2 N–H and O–H groups in total. The summed E-state index contributed by atoms with van der Waals surface area (Å²) in [5, 5.41) is 17.8. The van der Waals surface area contributed by atoms with E-state index in [1.165, 1.54) is 22.9 Å². The fourth-order valence-corrected chi connectivity index (χ4v) is 1.37. The molecule has 0 amide bonds. The van der Waals surface area contributed by atoms with E-state index in [2.05, 4.69) is 0 Å². The molecular formula is C10H13NO4. The van der Waals surface area contributed by atoms with Gasteiger partial charge < -0.3 is 14.8 Å². The zero-order valence-electron chi connectivity index (χ0n) is 8.38. The van der Waals surface area contributed by atoms with E-state index in [1.54, 1.807) is 0 Å². The maximum Gasteiger partial charge on any atom is 0.341 e. The molecule has 0 aliphatic rings. The Morgan fingerprint density at radius 3 is 2.73 bits per heavy atom. The average Bonchev–Trinajstić information content (AvgIpc) is 2.21. The highest BCUT2D eigenvalue weighted by Gasteiger charge is 2.14. The van der Waals surface area contributed by atoms with Crippen molar-refractivity contribution in [3.05, 3.63) is 34.2 Å². The molecule has 0 radical (unpaired) electrons. The van der Waals surface area contributed by atoms with Crippen molar-refractivity contribution in [2.24, 2.45) is 0 Å². The molecule has 5 nitrogen and oxygen atoms in total. The van der Waals surface area contributed by atoms with E-state index in [4.69, 9.17) is 10.2 Å². The molecule has 1 atom stereocenters. The summed E-state index contributed by atoms with van der Waals surface area (Å²) < 4.78 is 1.25. The lowest BCUT2D eigenvalue weighted by Crippen LogP contribution is -2.30. The van der Waals surface area contributed by atoms with Crippen molar-refractivity contribution in [2.45, 2.75) is 19.4 Å². The van der Waals surface area contributed by atoms with Crippen molar-refractivity contribution in [3.63, 3.8) is 0 Å². The van der Waals surface area contributed by atoms with Gasteiger partial charge in [0.2, 0.25) is 0 Å². The number of pyridine rings is 1. The summed E-state index contributed by atoms with van der Waals surface area (Å²) in [4.78, 5) is 22.3. The van der Waals surface area contributed by atoms with Gasteiger partial charge in [-0.05, 0) is 18.6 Å². The monoisotopic (exact) mass is 211 g/mol. The van der Waals surface area contributed by atoms with Gasteiger partial charge in [0, 0.05) is 6.20 Å². The molecule has 15 heavy (non-hydrogen) atoms. The van der Waals surface area contributed by atoms with Crippen molar-refractivity contribution in [1.29, 1.82) is 0 Å². The summed E-state index contributed by atoms with van der Waals surface area (Å²) in [7, 11) is 0. The number of hydrogen-bond donors (Lipinski definition) is 2. The minimum Gasteiger partial charge on any atom is -0.477 e. The highest BCUT2D eigenvalue weighted by atomic mass is 16.4. The molecular weight excluding hydrogens is 198 g/mol. The quantitative estimate of drug-likeness (QED) is 0.759. The first-order valence-electron chi connectivity index (χ1n) is 4.67. The highest BCUT2D eigenvalue weighted by Crippen LogP contribution is 2.07. The fourth-order valence-electron chi connectivity index (χ4n) is 1.37. The van der Waals surface area contributed by atoms with Gasteiger partial charge in [0.15, 0.2) is 0 Å². The van der Waals surface area contributed by atoms with Crippen LogP contribution in [-0.2, 0) is 0 Å². The summed E-state index contributed by atoms with van der Waals surface area (Å²) in [6.45, 7) is 1.64. The predicted octanol–water partition coefficient (Wildman–Crippen LogP) is 0.490.